The van der Waals surface area contributed by atoms with Gasteiger partial charge in [-0.05, 0) is 32.4 Å². The number of ether oxygens (including phenoxy) is 1. The number of anilines is 1. The molecule has 1 aromatic carbocycles. The van der Waals surface area contributed by atoms with Crippen LogP contribution in [0, 0.1) is 20.8 Å². The van der Waals surface area contributed by atoms with Gasteiger partial charge in [0.05, 0.1) is 0 Å². The monoisotopic (exact) mass is 271 g/mol. The zero-order valence-electron chi connectivity index (χ0n) is 11.8. The van der Waals surface area contributed by atoms with E-state index >= 15 is 0 Å². The third-order valence-electron chi connectivity index (χ3n) is 2.79. The van der Waals surface area contributed by atoms with Crippen LogP contribution in [0.15, 0.2) is 30.6 Å². The van der Waals surface area contributed by atoms with Gasteiger partial charge < -0.3 is 10.1 Å². The van der Waals surface area contributed by atoms with E-state index in [2.05, 4.69) is 15.3 Å². The van der Waals surface area contributed by atoms with Crippen molar-refractivity contribution in [3.8, 4) is 5.88 Å². The average Bonchev–Trinajstić information content (AvgIpc) is 2.40. The number of benzene rings is 1. The lowest BCUT2D eigenvalue weighted by Crippen LogP contribution is -2.21. The molecule has 20 heavy (non-hydrogen) atoms. The van der Waals surface area contributed by atoms with Gasteiger partial charge in [0.25, 0.3) is 5.91 Å². The van der Waals surface area contributed by atoms with Crippen molar-refractivity contribution in [3.63, 3.8) is 0 Å². The van der Waals surface area contributed by atoms with E-state index < -0.39 is 0 Å². The van der Waals surface area contributed by atoms with E-state index in [0.29, 0.717) is 5.88 Å². The second-order valence-electron chi connectivity index (χ2n) is 4.65. The molecule has 2 aromatic rings. The molecule has 0 fully saturated rings. The molecular weight excluding hydrogens is 254 g/mol. The summed E-state index contributed by atoms with van der Waals surface area (Å²) in [7, 11) is 0. The van der Waals surface area contributed by atoms with Gasteiger partial charge in [0.15, 0.2) is 6.61 Å². The lowest BCUT2D eigenvalue weighted by Gasteiger charge is -2.09. The third kappa shape index (κ3) is 3.78. The Labute approximate surface area is 118 Å². The minimum Gasteiger partial charge on any atom is -0.467 e. The number of aryl methyl sites for hydroxylation is 3. The maximum absolute atomic E-state index is 11.8. The van der Waals surface area contributed by atoms with Gasteiger partial charge in [-0.25, -0.2) is 9.97 Å². The normalized spacial score (nSPS) is 10.2. The van der Waals surface area contributed by atoms with E-state index in [-0.39, 0.29) is 12.5 Å². The zero-order valence-corrected chi connectivity index (χ0v) is 11.8. The number of hydrogen-bond donors (Lipinski definition) is 1. The molecule has 0 atom stereocenters. The van der Waals surface area contributed by atoms with Crippen LogP contribution in [-0.4, -0.2) is 22.5 Å². The number of carbonyl (C=O) groups is 1. The van der Waals surface area contributed by atoms with Crippen LogP contribution in [0.2, 0.25) is 0 Å². The van der Waals surface area contributed by atoms with Crippen molar-refractivity contribution in [2.75, 3.05) is 11.9 Å². The van der Waals surface area contributed by atoms with E-state index in [4.69, 9.17) is 4.74 Å². The van der Waals surface area contributed by atoms with E-state index in [1.165, 1.54) is 6.33 Å². The van der Waals surface area contributed by atoms with Crippen molar-refractivity contribution in [3.05, 3.63) is 47.4 Å². The molecule has 1 amide bonds. The number of hydrogen-bond acceptors (Lipinski definition) is 4. The summed E-state index contributed by atoms with van der Waals surface area (Å²) in [6.45, 7) is 5.73. The maximum Gasteiger partial charge on any atom is 0.262 e. The van der Waals surface area contributed by atoms with Gasteiger partial charge in [-0.15, -0.1) is 0 Å². The molecule has 0 saturated heterocycles. The molecule has 2 rings (SSSR count). The summed E-state index contributed by atoms with van der Waals surface area (Å²) < 4.78 is 5.32. The number of nitrogens with one attached hydrogen (secondary N) is 1. The summed E-state index contributed by atoms with van der Waals surface area (Å²) in [6.07, 6.45) is 1.41. The van der Waals surface area contributed by atoms with Crippen molar-refractivity contribution in [1.82, 2.24) is 9.97 Å². The highest BCUT2D eigenvalue weighted by molar-refractivity contribution is 5.92. The van der Waals surface area contributed by atoms with Gasteiger partial charge in [0.1, 0.15) is 6.33 Å². The Balaban J connectivity index is 1.92. The van der Waals surface area contributed by atoms with Crippen LogP contribution < -0.4 is 10.1 Å². The van der Waals surface area contributed by atoms with E-state index in [1.807, 2.05) is 39.0 Å². The molecule has 0 bridgehead atoms. The fourth-order valence-corrected chi connectivity index (χ4v) is 1.79. The highest BCUT2D eigenvalue weighted by Gasteiger charge is 2.06. The second-order valence-corrected chi connectivity index (χ2v) is 4.65. The Morgan fingerprint density at radius 2 is 2.00 bits per heavy atom. The lowest BCUT2D eigenvalue weighted by molar-refractivity contribution is -0.118. The average molecular weight is 271 g/mol. The quantitative estimate of drug-likeness (QED) is 0.927. The van der Waals surface area contributed by atoms with Gasteiger partial charge in [0.2, 0.25) is 5.88 Å². The predicted octanol–water partition coefficient (Wildman–Crippen LogP) is 2.42. The Kier molecular flexibility index (Phi) is 4.30. The van der Waals surface area contributed by atoms with Gasteiger partial charge in [0, 0.05) is 17.4 Å². The van der Waals surface area contributed by atoms with Gasteiger partial charge in [-0.1, -0.05) is 17.7 Å². The number of amides is 1. The van der Waals surface area contributed by atoms with Crippen molar-refractivity contribution in [2.45, 2.75) is 20.8 Å². The molecule has 0 radical (unpaired) electrons. The molecule has 5 nitrogen and oxygen atoms in total. The van der Waals surface area contributed by atoms with E-state index in [1.54, 1.807) is 6.07 Å². The largest absolute Gasteiger partial charge is 0.467 e. The maximum atomic E-state index is 11.8. The number of aromatic nitrogens is 2. The van der Waals surface area contributed by atoms with Gasteiger partial charge in [-0.3, -0.25) is 4.79 Å². The molecule has 0 aliphatic carbocycles. The van der Waals surface area contributed by atoms with Crippen LogP contribution in [0.25, 0.3) is 0 Å². The van der Waals surface area contributed by atoms with E-state index in [9.17, 15) is 4.79 Å². The second kappa shape index (κ2) is 6.14. The van der Waals surface area contributed by atoms with Crippen molar-refractivity contribution in [2.24, 2.45) is 0 Å². The summed E-state index contributed by atoms with van der Waals surface area (Å²) in [5, 5.41) is 2.81. The molecule has 0 aliphatic heterocycles. The smallest absolute Gasteiger partial charge is 0.262 e. The summed E-state index contributed by atoms with van der Waals surface area (Å²) in [6, 6.07) is 7.54. The van der Waals surface area contributed by atoms with Crippen LogP contribution in [0.4, 0.5) is 5.69 Å². The summed E-state index contributed by atoms with van der Waals surface area (Å²) in [4.78, 5) is 19.7. The zero-order chi connectivity index (χ0) is 14.5. The molecule has 0 unspecified atom stereocenters. The minimum atomic E-state index is -0.215. The van der Waals surface area contributed by atoms with Crippen LogP contribution in [0.1, 0.15) is 16.8 Å². The molecule has 1 heterocycles. The highest BCUT2D eigenvalue weighted by Crippen LogP contribution is 2.16. The van der Waals surface area contributed by atoms with Gasteiger partial charge >= 0.3 is 0 Å². The number of rotatable bonds is 4. The molecule has 5 heteroatoms. The SMILES string of the molecule is Cc1ccc(NC(=O)COc2cc(C)ncn2)c(C)c1. The predicted molar refractivity (Wildman–Crippen MR) is 76.8 cm³/mol. The molecule has 0 spiro atoms. The standard InChI is InChI=1S/C15H17N3O2/c1-10-4-5-13(11(2)6-10)18-14(19)8-20-15-7-12(3)16-9-17-15/h4-7,9H,8H2,1-3H3,(H,18,19). The number of carbonyl (C=O) groups excluding carboxylic acids is 1. The first-order chi connectivity index (χ1) is 9.54. The van der Waals surface area contributed by atoms with Crippen molar-refractivity contribution < 1.29 is 9.53 Å². The first-order valence-electron chi connectivity index (χ1n) is 6.33. The molecular formula is C15H17N3O2. The van der Waals surface area contributed by atoms with Gasteiger partial charge in [-0.2, -0.15) is 0 Å². The molecule has 1 N–H and O–H groups in total. The fourth-order valence-electron chi connectivity index (χ4n) is 1.79. The van der Waals surface area contributed by atoms with Crippen molar-refractivity contribution in [1.29, 1.82) is 0 Å². The first-order valence-corrected chi connectivity index (χ1v) is 6.33. The van der Waals surface area contributed by atoms with Crippen LogP contribution in [-0.2, 0) is 4.79 Å². The topological polar surface area (TPSA) is 64.1 Å². The Hall–Kier alpha value is -2.43. The van der Waals surface area contributed by atoms with Crippen LogP contribution in [0.5, 0.6) is 5.88 Å². The van der Waals surface area contributed by atoms with Crippen LogP contribution >= 0.6 is 0 Å². The Morgan fingerprint density at radius 1 is 1.20 bits per heavy atom. The summed E-state index contributed by atoms with van der Waals surface area (Å²) >= 11 is 0. The van der Waals surface area contributed by atoms with Crippen LogP contribution in [0.3, 0.4) is 0 Å². The Bertz CT molecular complexity index is 626. The molecule has 1 aromatic heterocycles. The Morgan fingerprint density at radius 3 is 2.70 bits per heavy atom. The lowest BCUT2D eigenvalue weighted by atomic mass is 10.1. The first kappa shape index (κ1) is 14.0. The molecule has 0 saturated carbocycles. The number of nitrogens with zero attached hydrogens (tertiary/aromatic N) is 2. The molecule has 104 valence electrons. The van der Waals surface area contributed by atoms with Crippen molar-refractivity contribution >= 4 is 11.6 Å². The van der Waals surface area contributed by atoms with E-state index in [0.717, 1.165) is 22.5 Å². The summed E-state index contributed by atoms with van der Waals surface area (Å²) in [5.41, 5.74) is 3.78. The molecule has 0 aliphatic rings. The summed E-state index contributed by atoms with van der Waals surface area (Å²) in [5.74, 6) is 0.182. The fraction of sp³-hybridized carbons (Fsp3) is 0.267. The third-order valence-corrected chi connectivity index (χ3v) is 2.79. The minimum absolute atomic E-state index is 0.0796. The highest BCUT2D eigenvalue weighted by atomic mass is 16.5.